The van der Waals surface area contributed by atoms with Crippen molar-refractivity contribution >= 4 is 28.8 Å². The first kappa shape index (κ1) is 14.9. The molecular formula is C17H17N3O4. The number of likely N-dealkylation sites (tertiary alicyclic amines) is 1. The quantitative estimate of drug-likeness (QED) is 0.801. The van der Waals surface area contributed by atoms with Crippen molar-refractivity contribution < 1.29 is 18.8 Å². The summed E-state index contributed by atoms with van der Waals surface area (Å²) in [5, 5.41) is 2.44. The average molecular weight is 327 g/mol. The van der Waals surface area contributed by atoms with Crippen LogP contribution in [0, 0.1) is 5.41 Å². The number of imide groups is 1. The van der Waals surface area contributed by atoms with Crippen molar-refractivity contribution in [3.63, 3.8) is 0 Å². The highest BCUT2D eigenvalue weighted by molar-refractivity contribution is 6.00. The molecule has 1 aromatic carbocycles. The molecule has 3 heterocycles. The Bertz CT molecular complexity index is 810. The molecule has 1 atom stereocenters. The van der Waals surface area contributed by atoms with Crippen molar-refractivity contribution in [1.82, 2.24) is 15.2 Å². The summed E-state index contributed by atoms with van der Waals surface area (Å²) in [6.45, 7) is 0.753. The molecule has 1 aromatic heterocycles. The molecule has 124 valence electrons. The van der Waals surface area contributed by atoms with Crippen molar-refractivity contribution in [2.45, 2.75) is 25.7 Å². The Balaban J connectivity index is 1.56. The molecule has 2 aliphatic heterocycles. The van der Waals surface area contributed by atoms with Gasteiger partial charge in [-0.2, -0.15) is 0 Å². The third-order valence-corrected chi connectivity index (χ3v) is 4.91. The molecule has 0 bridgehead atoms. The molecule has 0 radical (unpaired) electrons. The lowest BCUT2D eigenvalue weighted by Gasteiger charge is -2.25. The fourth-order valence-corrected chi connectivity index (χ4v) is 3.56. The van der Waals surface area contributed by atoms with Gasteiger partial charge in [-0.25, -0.2) is 4.98 Å². The summed E-state index contributed by atoms with van der Waals surface area (Å²) in [4.78, 5) is 42.4. The predicted molar refractivity (Wildman–Crippen MR) is 84.0 cm³/mol. The highest BCUT2D eigenvalue weighted by Gasteiger charge is 2.47. The SMILES string of the molecule is O=C1CCCC2(CCN(C(=O)c3nc4ccccc4o3)C2)C(=O)N1. The van der Waals surface area contributed by atoms with Gasteiger partial charge in [0.05, 0.1) is 5.41 Å². The summed E-state index contributed by atoms with van der Waals surface area (Å²) in [7, 11) is 0. The summed E-state index contributed by atoms with van der Waals surface area (Å²) in [6, 6.07) is 7.19. The Kier molecular flexibility index (Phi) is 3.37. The van der Waals surface area contributed by atoms with Crippen LogP contribution in [0.3, 0.4) is 0 Å². The molecule has 2 saturated heterocycles. The summed E-state index contributed by atoms with van der Waals surface area (Å²) in [5.41, 5.74) is 0.522. The van der Waals surface area contributed by atoms with E-state index in [9.17, 15) is 14.4 Å². The van der Waals surface area contributed by atoms with Crippen molar-refractivity contribution in [1.29, 1.82) is 0 Å². The van der Waals surface area contributed by atoms with Crippen molar-refractivity contribution in [2.24, 2.45) is 5.41 Å². The maximum Gasteiger partial charge on any atom is 0.309 e. The van der Waals surface area contributed by atoms with Crippen molar-refractivity contribution in [3.05, 3.63) is 30.2 Å². The van der Waals surface area contributed by atoms with Gasteiger partial charge in [-0.1, -0.05) is 12.1 Å². The Morgan fingerprint density at radius 1 is 1.25 bits per heavy atom. The van der Waals surface area contributed by atoms with E-state index >= 15 is 0 Å². The van der Waals surface area contributed by atoms with E-state index in [1.54, 1.807) is 17.0 Å². The van der Waals surface area contributed by atoms with Gasteiger partial charge in [-0.15, -0.1) is 0 Å². The number of nitrogens with zero attached hydrogens (tertiary/aromatic N) is 2. The second-order valence-corrected chi connectivity index (χ2v) is 6.47. The van der Waals surface area contributed by atoms with E-state index < -0.39 is 5.41 Å². The number of carbonyl (C=O) groups is 3. The Morgan fingerprint density at radius 2 is 2.08 bits per heavy atom. The molecule has 7 nitrogen and oxygen atoms in total. The highest BCUT2D eigenvalue weighted by atomic mass is 16.4. The number of hydrogen-bond acceptors (Lipinski definition) is 5. The van der Waals surface area contributed by atoms with Crippen LogP contribution < -0.4 is 5.32 Å². The van der Waals surface area contributed by atoms with Gasteiger partial charge in [0, 0.05) is 19.5 Å². The number of rotatable bonds is 1. The van der Waals surface area contributed by atoms with Gasteiger partial charge in [-0.05, 0) is 31.4 Å². The zero-order chi connectivity index (χ0) is 16.7. The van der Waals surface area contributed by atoms with E-state index in [0.29, 0.717) is 49.9 Å². The van der Waals surface area contributed by atoms with Crippen LogP contribution in [0.4, 0.5) is 0 Å². The first-order chi connectivity index (χ1) is 11.6. The van der Waals surface area contributed by atoms with Gasteiger partial charge in [0.1, 0.15) is 5.52 Å². The molecule has 1 N–H and O–H groups in total. The van der Waals surface area contributed by atoms with Gasteiger partial charge >= 0.3 is 5.91 Å². The lowest BCUT2D eigenvalue weighted by Crippen LogP contribution is -2.43. The van der Waals surface area contributed by atoms with E-state index in [1.165, 1.54) is 0 Å². The largest absolute Gasteiger partial charge is 0.432 e. The molecule has 2 aromatic rings. The normalized spacial score (nSPS) is 24.4. The predicted octanol–water partition coefficient (Wildman–Crippen LogP) is 1.49. The molecule has 3 amide bonds. The average Bonchev–Trinajstić information content (AvgIpc) is 3.15. The van der Waals surface area contributed by atoms with Crippen LogP contribution in [0.1, 0.15) is 36.4 Å². The van der Waals surface area contributed by atoms with Crippen molar-refractivity contribution in [3.8, 4) is 0 Å². The summed E-state index contributed by atoms with van der Waals surface area (Å²) >= 11 is 0. The number of fused-ring (bicyclic) bond motifs is 1. The second kappa shape index (κ2) is 5.43. The number of para-hydroxylation sites is 2. The lowest BCUT2D eigenvalue weighted by atomic mass is 9.82. The number of carbonyl (C=O) groups excluding carboxylic acids is 3. The number of nitrogens with one attached hydrogen (secondary N) is 1. The molecule has 24 heavy (non-hydrogen) atoms. The number of benzene rings is 1. The Hall–Kier alpha value is -2.70. The molecule has 0 aliphatic carbocycles. The Labute approximate surface area is 138 Å². The molecule has 7 heteroatoms. The van der Waals surface area contributed by atoms with Crippen molar-refractivity contribution in [2.75, 3.05) is 13.1 Å². The third kappa shape index (κ3) is 2.36. The second-order valence-electron chi connectivity index (χ2n) is 6.47. The Morgan fingerprint density at radius 3 is 2.92 bits per heavy atom. The number of amides is 3. The number of aromatic nitrogens is 1. The third-order valence-electron chi connectivity index (χ3n) is 4.91. The molecule has 1 unspecified atom stereocenters. The minimum atomic E-state index is -0.673. The van der Waals surface area contributed by atoms with Gasteiger partial charge in [0.25, 0.3) is 5.89 Å². The summed E-state index contributed by atoms with van der Waals surface area (Å²) in [6.07, 6.45) is 2.18. The molecule has 2 fully saturated rings. The first-order valence-electron chi connectivity index (χ1n) is 8.07. The fraction of sp³-hybridized carbons (Fsp3) is 0.412. The first-order valence-corrected chi connectivity index (χ1v) is 8.07. The van der Waals surface area contributed by atoms with Crippen LogP contribution in [0.15, 0.2) is 28.7 Å². The maximum absolute atomic E-state index is 12.7. The van der Waals surface area contributed by atoms with Crippen LogP contribution in [-0.2, 0) is 9.59 Å². The highest BCUT2D eigenvalue weighted by Crippen LogP contribution is 2.38. The van der Waals surface area contributed by atoms with Crippen LogP contribution in [0.25, 0.3) is 11.1 Å². The van der Waals surface area contributed by atoms with Crippen LogP contribution >= 0.6 is 0 Å². The van der Waals surface area contributed by atoms with E-state index in [1.807, 2.05) is 12.1 Å². The maximum atomic E-state index is 12.7. The van der Waals surface area contributed by atoms with Crippen LogP contribution in [-0.4, -0.2) is 40.7 Å². The topological polar surface area (TPSA) is 92.5 Å². The van der Waals surface area contributed by atoms with Gasteiger partial charge in [-0.3, -0.25) is 19.7 Å². The van der Waals surface area contributed by atoms with Crippen LogP contribution in [0.5, 0.6) is 0 Å². The minimum Gasteiger partial charge on any atom is -0.432 e. The monoisotopic (exact) mass is 327 g/mol. The molecule has 4 rings (SSSR count). The van der Waals surface area contributed by atoms with Gasteiger partial charge in [0.2, 0.25) is 11.8 Å². The number of oxazole rings is 1. The minimum absolute atomic E-state index is 0.0401. The van der Waals surface area contributed by atoms with Gasteiger partial charge in [0.15, 0.2) is 5.58 Å². The molecular weight excluding hydrogens is 310 g/mol. The van der Waals surface area contributed by atoms with Crippen LogP contribution in [0.2, 0.25) is 0 Å². The summed E-state index contributed by atoms with van der Waals surface area (Å²) in [5.74, 6) is -0.775. The smallest absolute Gasteiger partial charge is 0.309 e. The molecule has 1 spiro atoms. The molecule has 2 aliphatic rings. The standard InChI is InChI=1S/C17H17N3O4/c21-13-6-3-7-17(16(23)19-13)8-9-20(10-17)15(22)14-18-11-4-1-2-5-12(11)24-14/h1-2,4-5H,3,6-10H2,(H,19,21,23). The lowest BCUT2D eigenvalue weighted by molar-refractivity contribution is -0.135. The van der Waals surface area contributed by atoms with E-state index in [0.717, 1.165) is 0 Å². The van der Waals surface area contributed by atoms with Gasteiger partial charge < -0.3 is 9.32 Å². The molecule has 0 saturated carbocycles. The van der Waals surface area contributed by atoms with E-state index in [-0.39, 0.29) is 23.6 Å². The van der Waals surface area contributed by atoms with E-state index in [4.69, 9.17) is 4.42 Å². The number of hydrogen-bond donors (Lipinski definition) is 1. The zero-order valence-electron chi connectivity index (χ0n) is 13.1. The summed E-state index contributed by atoms with van der Waals surface area (Å²) < 4.78 is 5.53. The fourth-order valence-electron chi connectivity index (χ4n) is 3.56. The van der Waals surface area contributed by atoms with E-state index in [2.05, 4.69) is 10.3 Å². The zero-order valence-corrected chi connectivity index (χ0v) is 13.1.